The van der Waals surface area contributed by atoms with Crippen LogP contribution in [0.2, 0.25) is 0 Å². The van der Waals surface area contributed by atoms with E-state index in [0.717, 1.165) is 11.8 Å². The van der Waals surface area contributed by atoms with Gasteiger partial charge in [0.2, 0.25) is 5.91 Å². The van der Waals surface area contributed by atoms with Crippen molar-refractivity contribution in [3.8, 4) is 5.75 Å². The maximum Gasteiger partial charge on any atom is 0.248 e. The first-order valence-electron chi connectivity index (χ1n) is 8.25. The van der Waals surface area contributed by atoms with Gasteiger partial charge < -0.3 is 25.9 Å². The fraction of sp³-hybridized carbons (Fsp3) is 0.150. The van der Waals surface area contributed by atoms with Gasteiger partial charge in [0.15, 0.2) is 0 Å². The minimum Gasteiger partial charge on any atom is -0.491 e. The Bertz CT molecular complexity index is 829. The van der Waals surface area contributed by atoms with Crippen molar-refractivity contribution in [1.29, 1.82) is 5.41 Å². The summed E-state index contributed by atoms with van der Waals surface area (Å²) in [5.41, 5.74) is 8.15. The molecule has 0 spiro atoms. The van der Waals surface area contributed by atoms with Gasteiger partial charge in [-0.05, 0) is 42.0 Å². The van der Waals surface area contributed by atoms with Crippen LogP contribution in [0.25, 0.3) is 11.6 Å². The molecular formula is C20H22N4O3. The van der Waals surface area contributed by atoms with Gasteiger partial charge in [-0.15, -0.1) is 0 Å². The molecule has 0 saturated heterocycles. The van der Waals surface area contributed by atoms with E-state index in [1.54, 1.807) is 55.9 Å². The highest BCUT2D eigenvalue weighted by molar-refractivity contribution is 6.10. The number of methoxy groups -OCH3 is 1. The Labute approximate surface area is 158 Å². The molecule has 0 aliphatic rings. The number of carbonyl (C=O) groups is 1. The van der Waals surface area contributed by atoms with Crippen molar-refractivity contribution in [1.82, 2.24) is 4.98 Å². The third kappa shape index (κ3) is 6.09. The molecular weight excluding hydrogens is 344 g/mol. The van der Waals surface area contributed by atoms with Crippen LogP contribution in [0.15, 0.2) is 55.0 Å². The maximum absolute atomic E-state index is 12.2. The molecule has 7 heteroatoms. The number of aromatic nitrogens is 1. The zero-order chi connectivity index (χ0) is 19.5. The summed E-state index contributed by atoms with van der Waals surface area (Å²) in [6.07, 6.45) is 8.75. The average Bonchev–Trinajstić information content (AvgIpc) is 2.70. The Morgan fingerprint density at radius 2 is 2.04 bits per heavy atom. The summed E-state index contributed by atoms with van der Waals surface area (Å²) in [6.45, 7) is 0.978. The van der Waals surface area contributed by atoms with E-state index in [-0.39, 0.29) is 5.91 Å². The third-order valence-electron chi connectivity index (χ3n) is 3.59. The summed E-state index contributed by atoms with van der Waals surface area (Å²) >= 11 is 0. The summed E-state index contributed by atoms with van der Waals surface area (Å²) in [7, 11) is 1.61. The number of carbonyl (C=O) groups excluding carboxylic acids is 1. The number of anilines is 1. The van der Waals surface area contributed by atoms with Crippen molar-refractivity contribution in [2.45, 2.75) is 0 Å². The van der Waals surface area contributed by atoms with Crippen LogP contribution in [0.4, 0.5) is 5.69 Å². The van der Waals surface area contributed by atoms with Crippen molar-refractivity contribution < 1.29 is 14.3 Å². The molecule has 0 bridgehead atoms. The molecule has 0 aliphatic heterocycles. The number of rotatable bonds is 9. The van der Waals surface area contributed by atoms with E-state index >= 15 is 0 Å². The number of benzene rings is 1. The minimum absolute atomic E-state index is 0.286. The molecule has 0 fully saturated rings. The number of allylic oxidation sites excluding steroid dienone is 1. The lowest BCUT2D eigenvalue weighted by Gasteiger charge is -2.07. The predicted octanol–water partition coefficient (Wildman–Crippen LogP) is 2.71. The van der Waals surface area contributed by atoms with Gasteiger partial charge >= 0.3 is 0 Å². The van der Waals surface area contributed by atoms with Crippen molar-refractivity contribution >= 4 is 29.5 Å². The van der Waals surface area contributed by atoms with E-state index in [2.05, 4.69) is 10.3 Å². The first kappa shape index (κ1) is 19.9. The van der Waals surface area contributed by atoms with Gasteiger partial charge in [0.1, 0.15) is 12.4 Å². The Hall–Kier alpha value is -3.45. The SMILES string of the molecule is COCCOc1ccc(NC(=O)/C=C/c2cnccc2/C(C=N)=C/N)cc1. The number of hydrogen-bond donors (Lipinski definition) is 3. The second-order valence-electron chi connectivity index (χ2n) is 5.42. The van der Waals surface area contributed by atoms with Crippen molar-refractivity contribution in [3.05, 3.63) is 66.1 Å². The van der Waals surface area contributed by atoms with E-state index < -0.39 is 0 Å². The average molecular weight is 366 g/mol. The monoisotopic (exact) mass is 366 g/mol. The quantitative estimate of drug-likeness (QED) is 0.359. The fourth-order valence-electron chi connectivity index (χ4n) is 2.24. The number of nitrogens with two attached hydrogens (primary N) is 1. The van der Waals surface area contributed by atoms with Gasteiger partial charge in [0, 0.05) is 54.8 Å². The van der Waals surface area contributed by atoms with Gasteiger partial charge in [-0.1, -0.05) is 0 Å². The number of pyridine rings is 1. The maximum atomic E-state index is 12.2. The highest BCUT2D eigenvalue weighted by atomic mass is 16.5. The van der Waals surface area contributed by atoms with Crippen LogP contribution in [-0.4, -0.2) is 37.4 Å². The predicted molar refractivity (Wildman–Crippen MR) is 107 cm³/mol. The first-order chi connectivity index (χ1) is 13.2. The van der Waals surface area contributed by atoms with Crippen molar-refractivity contribution in [3.63, 3.8) is 0 Å². The second-order valence-corrected chi connectivity index (χ2v) is 5.42. The van der Waals surface area contributed by atoms with Crippen LogP contribution < -0.4 is 15.8 Å². The molecule has 1 heterocycles. The lowest BCUT2D eigenvalue weighted by molar-refractivity contribution is -0.111. The molecule has 0 saturated carbocycles. The lowest BCUT2D eigenvalue weighted by Crippen LogP contribution is -2.08. The first-order valence-corrected chi connectivity index (χ1v) is 8.25. The van der Waals surface area contributed by atoms with E-state index in [9.17, 15) is 4.79 Å². The van der Waals surface area contributed by atoms with Gasteiger partial charge in [-0.3, -0.25) is 9.78 Å². The molecule has 7 nitrogen and oxygen atoms in total. The molecule has 1 aromatic carbocycles. The van der Waals surface area contributed by atoms with Gasteiger partial charge in [-0.25, -0.2) is 0 Å². The van der Waals surface area contributed by atoms with Crippen LogP contribution in [0.1, 0.15) is 11.1 Å². The number of amides is 1. The van der Waals surface area contributed by atoms with E-state index in [1.807, 2.05) is 0 Å². The third-order valence-corrected chi connectivity index (χ3v) is 3.59. The lowest BCUT2D eigenvalue weighted by atomic mass is 10.0. The molecule has 0 radical (unpaired) electrons. The van der Waals surface area contributed by atoms with Gasteiger partial charge in [-0.2, -0.15) is 0 Å². The number of nitrogens with zero attached hydrogens (tertiary/aromatic N) is 1. The molecule has 4 N–H and O–H groups in total. The second kappa shape index (κ2) is 10.5. The largest absolute Gasteiger partial charge is 0.491 e. The molecule has 0 atom stereocenters. The highest BCUT2D eigenvalue weighted by Crippen LogP contribution is 2.18. The zero-order valence-corrected chi connectivity index (χ0v) is 15.0. The van der Waals surface area contributed by atoms with E-state index in [4.69, 9.17) is 20.6 Å². The van der Waals surface area contributed by atoms with Crippen LogP contribution in [0.3, 0.4) is 0 Å². The number of nitrogens with one attached hydrogen (secondary N) is 2. The summed E-state index contributed by atoms with van der Waals surface area (Å²) < 4.78 is 10.4. The molecule has 1 aromatic heterocycles. The van der Waals surface area contributed by atoms with E-state index in [1.165, 1.54) is 12.3 Å². The molecule has 0 aliphatic carbocycles. The molecule has 0 unspecified atom stereocenters. The van der Waals surface area contributed by atoms with Crippen molar-refractivity contribution in [2.24, 2.45) is 5.73 Å². The van der Waals surface area contributed by atoms with Crippen molar-refractivity contribution in [2.75, 3.05) is 25.6 Å². The molecule has 2 aromatic rings. The standard InChI is InChI=1S/C20H22N4O3/c1-26-10-11-27-18-5-3-17(4-6-18)24-20(25)7-2-15-14-23-9-8-19(15)16(12-21)13-22/h2-9,12-14,21H,10-11,22H2,1H3,(H,24,25)/b7-2+,16-13+,21-12?. The summed E-state index contributed by atoms with van der Waals surface area (Å²) in [4.78, 5) is 16.2. The normalized spacial score (nSPS) is 11.4. The Balaban J connectivity index is 2.01. The molecule has 1 amide bonds. The van der Waals surface area contributed by atoms with Crippen LogP contribution in [0.5, 0.6) is 5.75 Å². The van der Waals surface area contributed by atoms with Crippen LogP contribution in [-0.2, 0) is 9.53 Å². The Kier molecular flexibility index (Phi) is 7.74. The Morgan fingerprint density at radius 3 is 2.70 bits per heavy atom. The summed E-state index contributed by atoms with van der Waals surface area (Å²) in [5, 5.41) is 10.2. The topological polar surface area (TPSA) is 110 Å². The van der Waals surface area contributed by atoms with Crippen LogP contribution in [0, 0.1) is 5.41 Å². The molecule has 2 rings (SSSR count). The fourth-order valence-corrected chi connectivity index (χ4v) is 2.24. The smallest absolute Gasteiger partial charge is 0.248 e. The summed E-state index contributed by atoms with van der Waals surface area (Å²) in [5.74, 6) is 0.416. The minimum atomic E-state index is -0.286. The van der Waals surface area contributed by atoms with E-state index in [0.29, 0.717) is 35.8 Å². The van der Waals surface area contributed by atoms with Crippen LogP contribution >= 0.6 is 0 Å². The van der Waals surface area contributed by atoms with Gasteiger partial charge in [0.05, 0.1) is 6.61 Å². The summed E-state index contributed by atoms with van der Waals surface area (Å²) in [6, 6.07) is 8.80. The Morgan fingerprint density at radius 1 is 1.26 bits per heavy atom. The molecule has 27 heavy (non-hydrogen) atoms. The highest BCUT2D eigenvalue weighted by Gasteiger charge is 2.04. The number of hydrogen-bond acceptors (Lipinski definition) is 6. The molecule has 140 valence electrons. The zero-order valence-electron chi connectivity index (χ0n) is 15.0. The van der Waals surface area contributed by atoms with Gasteiger partial charge in [0.25, 0.3) is 0 Å². The number of ether oxygens (including phenoxy) is 2.